The zero-order valence-corrected chi connectivity index (χ0v) is 15.1. The molecule has 8 nitrogen and oxygen atoms in total. The molecule has 0 aliphatic rings. The molecule has 0 saturated carbocycles. The lowest BCUT2D eigenvalue weighted by Gasteiger charge is -2.20. The van der Waals surface area contributed by atoms with Crippen molar-refractivity contribution in [2.24, 2.45) is 5.16 Å². The van der Waals surface area contributed by atoms with Gasteiger partial charge >= 0.3 is 11.9 Å². The molecule has 1 aromatic rings. The second-order valence-electron chi connectivity index (χ2n) is 5.32. The van der Waals surface area contributed by atoms with Gasteiger partial charge in [-0.15, -0.1) is 11.3 Å². The lowest BCUT2D eigenvalue weighted by molar-refractivity contribution is -0.168. The third-order valence-corrected chi connectivity index (χ3v) is 3.50. The highest BCUT2D eigenvalue weighted by atomic mass is 32.1. The van der Waals surface area contributed by atoms with Crippen LogP contribution in [-0.2, 0) is 23.9 Å². The summed E-state index contributed by atoms with van der Waals surface area (Å²) in [5, 5.41) is 5.61. The Kier molecular flexibility index (Phi) is 7.63. The quantitative estimate of drug-likeness (QED) is 0.312. The van der Waals surface area contributed by atoms with E-state index in [0.717, 1.165) is 24.2 Å². The van der Waals surface area contributed by atoms with Gasteiger partial charge in [-0.2, -0.15) is 0 Å². The minimum atomic E-state index is -1.35. The first-order chi connectivity index (χ1) is 11.3. The van der Waals surface area contributed by atoms with Crippen molar-refractivity contribution in [2.75, 3.05) is 18.9 Å². The van der Waals surface area contributed by atoms with Crippen LogP contribution in [-0.4, -0.2) is 41.4 Å². The molecule has 0 amide bonds. The fourth-order valence-electron chi connectivity index (χ4n) is 1.46. The van der Waals surface area contributed by atoms with Crippen LogP contribution in [0.25, 0.3) is 0 Å². The van der Waals surface area contributed by atoms with Gasteiger partial charge in [0.15, 0.2) is 5.13 Å². The van der Waals surface area contributed by atoms with Crippen molar-refractivity contribution in [3.8, 4) is 0 Å². The molecule has 0 aliphatic heterocycles. The molecule has 1 aromatic heterocycles. The smallest absolute Gasteiger partial charge is 0.362 e. The van der Waals surface area contributed by atoms with Crippen molar-refractivity contribution in [1.82, 2.24) is 4.98 Å². The Balaban J connectivity index is 2.89. The van der Waals surface area contributed by atoms with E-state index in [4.69, 9.17) is 20.0 Å². The summed E-state index contributed by atoms with van der Waals surface area (Å²) in [6, 6.07) is 0. The van der Waals surface area contributed by atoms with Gasteiger partial charge in [0, 0.05) is 5.38 Å². The fourth-order valence-corrected chi connectivity index (χ4v) is 2.01. The maximum absolute atomic E-state index is 12.0. The molecule has 1 rings (SSSR count). The Bertz CT molecular complexity index is 598. The maximum atomic E-state index is 12.0. The third-order valence-electron chi connectivity index (χ3n) is 2.82. The molecule has 24 heavy (non-hydrogen) atoms. The molecule has 9 heteroatoms. The number of hydrogen-bond donors (Lipinski definition) is 1. The summed E-state index contributed by atoms with van der Waals surface area (Å²) in [6.07, 6.45) is 1.67. The summed E-state index contributed by atoms with van der Waals surface area (Å²) in [7, 11) is 0. The molecular weight excluding hydrogens is 334 g/mol. The van der Waals surface area contributed by atoms with Gasteiger partial charge in [0.2, 0.25) is 11.3 Å². The number of oxime groups is 1. The fraction of sp³-hybridized carbons (Fsp3) is 0.600. The van der Waals surface area contributed by atoms with E-state index in [1.807, 2.05) is 6.92 Å². The number of carbonyl (C=O) groups excluding carboxylic acids is 2. The number of thiazole rings is 1. The zero-order chi connectivity index (χ0) is 18.2. The van der Waals surface area contributed by atoms with Crippen molar-refractivity contribution in [3.05, 3.63) is 11.1 Å². The van der Waals surface area contributed by atoms with Crippen LogP contribution in [0.1, 0.15) is 46.2 Å². The average Bonchev–Trinajstić information content (AvgIpc) is 2.94. The largest absolute Gasteiger partial charge is 0.463 e. The summed E-state index contributed by atoms with van der Waals surface area (Å²) in [5.74, 6) is -1.28. The topological polar surface area (TPSA) is 113 Å². The van der Waals surface area contributed by atoms with Crippen molar-refractivity contribution < 1.29 is 23.9 Å². The Morgan fingerprint density at radius 1 is 1.33 bits per heavy atom. The van der Waals surface area contributed by atoms with E-state index in [-0.39, 0.29) is 23.1 Å². The molecule has 0 fully saturated rings. The molecule has 0 unspecified atom stereocenters. The summed E-state index contributed by atoms with van der Waals surface area (Å²) >= 11 is 1.15. The van der Waals surface area contributed by atoms with Crippen LogP contribution in [0.15, 0.2) is 10.5 Å². The molecule has 0 atom stereocenters. The van der Waals surface area contributed by atoms with Crippen LogP contribution in [0.3, 0.4) is 0 Å². The van der Waals surface area contributed by atoms with Crippen molar-refractivity contribution in [3.63, 3.8) is 0 Å². The van der Waals surface area contributed by atoms with Gasteiger partial charge in [-0.3, -0.25) is 0 Å². The van der Waals surface area contributed by atoms with Crippen molar-refractivity contribution in [2.45, 2.75) is 46.1 Å². The van der Waals surface area contributed by atoms with E-state index in [1.165, 1.54) is 13.8 Å². The number of nitrogens with two attached hydrogens (primary N) is 1. The van der Waals surface area contributed by atoms with Crippen molar-refractivity contribution in [1.29, 1.82) is 0 Å². The molecule has 2 N–H and O–H groups in total. The van der Waals surface area contributed by atoms with Gasteiger partial charge in [0.1, 0.15) is 5.69 Å². The number of nitrogens with zero attached hydrogens (tertiary/aromatic N) is 2. The summed E-state index contributed by atoms with van der Waals surface area (Å²) in [4.78, 5) is 33.3. The highest BCUT2D eigenvalue weighted by Gasteiger charge is 2.33. The summed E-state index contributed by atoms with van der Waals surface area (Å²) < 4.78 is 10.0. The number of unbranched alkanes of at least 4 members (excludes halogenated alkanes) is 1. The zero-order valence-electron chi connectivity index (χ0n) is 14.3. The van der Waals surface area contributed by atoms with E-state index in [0.29, 0.717) is 6.61 Å². The number of carbonyl (C=O) groups is 2. The first-order valence-electron chi connectivity index (χ1n) is 7.63. The van der Waals surface area contributed by atoms with Gasteiger partial charge in [0.05, 0.1) is 13.2 Å². The second kappa shape index (κ2) is 9.21. The van der Waals surface area contributed by atoms with Gasteiger partial charge in [-0.25, -0.2) is 14.6 Å². The van der Waals surface area contributed by atoms with Crippen LogP contribution in [0.5, 0.6) is 0 Å². The van der Waals surface area contributed by atoms with Gasteiger partial charge < -0.3 is 20.0 Å². The normalized spacial score (nSPS) is 11.9. The predicted octanol–water partition coefficient (Wildman–Crippen LogP) is 2.13. The first kappa shape index (κ1) is 19.9. The number of nitrogen functional groups attached to an aromatic ring is 1. The maximum Gasteiger partial charge on any atom is 0.362 e. The molecule has 1 heterocycles. The van der Waals surface area contributed by atoms with E-state index in [2.05, 4.69) is 10.1 Å². The Morgan fingerprint density at radius 2 is 2.04 bits per heavy atom. The minimum absolute atomic E-state index is 0.153. The number of ether oxygens (including phenoxy) is 2. The summed E-state index contributed by atoms with van der Waals surface area (Å²) in [5.41, 5.74) is 4.29. The molecule has 0 aliphatic carbocycles. The highest BCUT2D eigenvalue weighted by molar-refractivity contribution is 7.13. The molecule has 134 valence electrons. The second-order valence-corrected chi connectivity index (χ2v) is 6.21. The standard InChI is InChI=1S/C15H23N3O5S/c1-5-7-8-22-13(20)15(3,4)23-18-11(12(19)21-6-2)10-9-24-14(16)17-10/h9H,5-8H2,1-4H3,(H2,16,17)/b18-11+. The number of rotatable bonds is 9. The SMILES string of the molecule is CCCCOC(=O)C(C)(C)O/N=C(/C(=O)OCC)c1csc(N)n1. The number of esters is 2. The molecule has 0 spiro atoms. The molecule has 0 bridgehead atoms. The van der Waals surface area contributed by atoms with Gasteiger partial charge in [-0.1, -0.05) is 18.5 Å². The third kappa shape index (κ3) is 5.80. The van der Waals surface area contributed by atoms with Gasteiger partial charge in [0.25, 0.3) is 0 Å². The van der Waals surface area contributed by atoms with E-state index < -0.39 is 17.5 Å². The number of hydrogen-bond acceptors (Lipinski definition) is 9. The van der Waals surface area contributed by atoms with Crippen LogP contribution in [0, 0.1) is 0 Å². The van der Waals surface area contributed by atoms with Crippen LogP contribution in [0.2, 0.25) is 0 Å². The monoisotopic (exact) mass is 357 g/mol. The lowest BCUT2D eigenvalue weighted by atomic mass is 10.1. The lowest BCUT2D eigenvalue weighted by Crippen LogP contribution is -2.36. The number of aromatic nitrogens is 1. The van der Waals surface area contributed by atoms with Gasteiger partial charge in [-0.05, 0) is 27.2 Å². The molecule has 0 saturated heterocycles. The van der Waals surface area contributed by atoms with Crippen LogP contribution >= 0.6 is 11.3 Å². The Labute approximate surface area is 145 Å². The van der Waals surface area contributed by atoms with Crippen LogP contribution in [0.4, 0.5) is 5.13 Å². The van der Waals surface area contributed by atoms with E-state index in [1.54, 1.807) is 12.3 Å². The highest BCUT2D eigenvalue weighted by Crippen LogP contribution is 2.16. The number of anilines is 1. The van der Waals surface area contributed by atoms with Crippen LogP contribution < -0.4 is 5.73 Å². The summed E-state index contributed by atoms with van der Waals surface area (Å²) in [6.45, 7) is 7.14. The molecule has 0 radical (unpaired) electrons. The molecular formula is C15H23N3O5S. The minimum Gasteiger partial charge on any atom is -0.463 e. The molecule has 0 aromatic carbocycles. The van der Waals surface area contributed by atoms with E-state index >= 15 is 0 Å². The first-order valence-corrected chi connectivity index (χ1v) is 8.51. The Hall–Kier alpha value is -2.16. The Morgan fingerprint density at radius 3 is 2.58 bits per heavy atom. The van der Waals surface area contributed by atoms with E-state index in [9.17, 15) is 9.59 Å². The average molecular weight is 357 g/mol. The van der Waals surface area contributed by atoms with Crippen molar-refractivity contribution >= 4 is 34.1 Å². The predicted molar refractivity (Wildman–Crippen MR) is 90.7 cm³/mol.